The molecule has 4 aromatic rings. The lowest BCUT2D eigenvalue weighted by molar-refractivity contribution is 1.37. The van der Waals surface area contributed by atoms with Gasteiger partial charge in [-0.05, 0) is 30.0 Å². The number of pyridine rings is 1. The first-order valence-corrected chi connectivity index (χ1v) is 7.43. The highest BCUT2D eigenvalue weighted by molar-refractivity contribution is 6.10. The Balaban J connectivity index is 1.98. The Morgan fingerprint density at radius 1 is 0.682 bits per heavy atom. The number of anilines is 2. The van der Waals surface area contributed by atoms with Crippen molar-refractivity contribution < 1.29 is 0 Å². The second-order valence-electron chi connectivity index (χ2n) is 5.46. The van der Waals surface area contributed by atoms with Crippen molar-refractivity contribution in [1.29, 1.82) is 0 Å². The molecule has 0 aliphatic carbocycles. The Morgan fingerprint density at radius 2 is 1.32 bits per heavy atom. The van der Waals surface area contributed by atoms with Gasteiger partial charge in [-0.25, -0.2) is 4.98 Å². The molecular weight excluding hydrogens is 268 g/mol. The van der Waals surface area contributed by atoms with Gasteiger partial charge in [0.1, 0.15) is 5.82 Å². The number of nitrogens with one attached hydrogen (secondary N) is 1. The zero-order valence-corrected chi connectivity index (χ0v) is 12.4. The molecule has 0 aliphatic rings. The van der Waals surface area contributed by atoms with E-state index in [9.17, 15) is 0 Å². The maximum absolute atomic E-state index is 4.83. The summed E-state index contributed by atoms with van der Waals surface area (Å²) in [5, 5.41) is 7.05. The molecule has 0 bridgehead atoms. The van der Waals surface area contributed by atoms with E-state index in [1.54, 1.807) is 0 Å². The summed E-state index contributed by atoms with van der Waals surface area (Å²) in [6.45, 7) is 2.10. The van der Waals surface area contributed by atoms with Gasteiger partial charge in [-0.2, -0.15) is 0 Å². The van der Waals surface area contributed by atoms with Crippen LogP contribution in [0.5, 0.6) is 0 Å². The lowest BCUT2D eigenvalue weighted by Gasteiger charge is -2.13. The van der Waals surface area contributed by atoms with Crippen LogP contribution in [0.15, 0.2) is 72.8 Å². The van der Waals surface area contributed by atoms with Gasteiger partial charge in [0.05, 0.1) is 5.52 Å². The minimum Gasteiger partial charge on any atom is -0.339 e. The molecule has 0 spiro atoms. The second kappa shape index (κ2) is 5.15. The Morgan fingerprint density at radius 3 is 2.14 bits per heavy atom. The summed E-state index contributed by atoms with van der Waals surface area (Å²) in [4.78, 5) is 4.83. The fraction of sp³-hybridized carbons (Fsp3) is 0.0500. The molecule has 0 saturated heterocycles. The van der Waals surface area contributed by atoms with Gasteiger partial charge in [-0.1, -0.05) is 60.7 Å². The highest BCUT2D eigenvalue weighted by Crippen LogP contribution is 2.31. The largest absolute Gasteiger partial charge is 0.339 e. The van der Waals surface area contributed by atoms with Gasteiger partial charge < -0.3 is 5.32 Å². The summed E-state index contributed by atoms with van der Waals surface area (Å²) in [7, 11) is 0. The van der Waals surface area contributed by atoms with Crippen LogP contribution in [0, 0.1) is 6.92 Å². The molecule has 0 aliphatic heterocycles. The van der Waals surface area contributed by atoms with Crippen molar-refractivity contribution in [3.63, 3.8) is 0 Å². The van der Waals surface area contributed by atoms with Crippen molar-refractivity contribution in [2.75, 3.05) is 5.32 Å². The smallest absolute Gasteiger partial charge is 0.138 e. The molecule has 0 unspecified atom stereocenters. The van der Waals surface area contributed by atoms with Crippen molar-refractivity contribution >= 4 is 33.2 Å². The third-order valence-electron chi connectivity index (χ3n) is 4.01. The summed E-state index contributed by atoms with van der Waals surface area (Å²) in [6, 6.07) is 25.0. The molecule has 106 valence electrons. The molecule has 2 nitrogen and oxygen atoms in total. The lowest BCUT2D eigenvalue weighted by atomic mass is 10.1. The third kappa shape index (κ3) is 2.09. The van der Waals surface area contributed by atoms with Crippen LogP contribution in [0.25, 0.3) is 21.7 Å². The van der Waals surface area contributed by atoms with Crippen molar-refractivity contribution in [1.82, 2.24) is 4.98 Å². The Hall–Kier alpha value is -2.87. The molecule has 0 radical (unpaired) electrons. The van der Waals surface area contributed by atoms with Crippen LogP contribution < -0.4 is 5.32 Å². The van der Waals surface area contributed by atoms with Crippen molar-refractivity contribution in [3.05, 3.63) is 78.4 Å². The molecule has 1 N–H and O–H groups in total. The third-order valence-corrected chi connectivity index (χ3v) is 4.01. The monoisotopic (exact) mass is 284 g/mol. The molecule has 4 rings (SSSR count). The number of para-hydroxylation sites is 2. The fourth-order valence-electron chi connectivity index (χ4n) is 2.84. The van der Waals surface area contributed by atoms with Crippen molar-refractivity contribution in [3.8, 4) is 0 Å². The molecule has 2 heteroatoms. The fourth-order valence-corrected chi connectivity index (χ4v) is 2.84. The first-order chi connectivity index (χ1) is 10.8. The van der Waals surface area contributed by atoms with Crippen molar-refractivity contribution in [2.24, 2.45) is 0 Å². The molecular formula is C20H16N2. The Labute approximate surface area is 129 Å². The average molecular weight is 284 g/mol. The van der Waals surface area contributed by atoms with E-state index in [1.807, 2.05) is 18.2 Å². The van der Waals surface area contributed by atoms with E-state index < -0.39 is 0 Å². The quantitative estimate of drug-likeness (QED) is 0.496. The second-order valence-corrected chi connectivity index (χ2v) is 5.46. The highest BCUT2D eigenvalue weighted by atomic mass is 15.0. The number of hydrogen-bond acceptors (Lipinski definition) is 2. The molecule has 0 saturated carbocycles. The SMILES string of the molecule is Cc1ccccc1Nc1nc2ccccc2c2ccccc12. The van der Waals surface area contributed by atoms with E-state index in [4.69, 9.17) is 4.98 Å². The predicted molar refractivity (Wildman–Crippen MR) is 93.7 cm³/mol. The van der Waals surface area contributed by atoms with Crippen LogP contribution in [0.3, 0.4) is 0 Å². The van der Waals surface area contributed by atoms with Crippen LogP contribution in [0.2, 0.25) is 0 Å². The van der Waals surface area contributed by atoms with E-state index in [-0.39, 0.29) is 0 Å². The van der Waals surface area contributed by atoms with Crippen LogP contribution in [-0.2, 0) is 0 Å². The summed E-state index contributed by atoms with van der Waals surface area (Å²) in [5.41, 5.74) is 3.31. The van der Waals surface area contributed by atoms with Gasteiger partial charge >= 0.3 is 0 Å². The first kappa shape index (κ1) is 12.8. The standard InChI is InChI=1S/C20H16N2/c1-14-8-2-6-12-18(14)21-20-17-11-4-3-9-15(17)16-10-5-7-13-19(16)22-20/h2-13H,1H3,(H,21,22). The first-order valence-electron chi connectivity index (χ1n) is 7.43. The molecule has 0 amide bonds. The number of nitrogens with zero attached hydrogens (tertiary/aromatic N) is 1. The van der Waals surface area contributed by atoms with Crippen LogP contribution in [0.4, 0.5) is 11.5 Å². The normalized spacial score (nSPS) is 11.0. The maximum atomic E-state index is 4.83. The zero-order valence-electron chi connectivity index (χ0n) is 12.4. The molecule has 0 atom stereocenters. The summed E-state index contributed by atoms with van der Waals surface area (Å²) in [5.74, 6) is 0.906. The van der Waals surface area contributed by atoms with Crippen LogP contribution in [0.1, 0.15) is 5.56 Å². The van der Waals surface area contributed by atoms with Gasteiger partial charge in [0, 0.05) is 16.5 Å². The molecule has 3 aromatic carbocycles. The average Bonchev–Trinajstić information content (AvgIpc) is 2.57. The Bertz CT molecular complexity index is 973. The van der Waals surface area contributed by atoms with Gasteiger partial charge in [0.15, 0.2) is 0 Å². The molecule has 0 fully saturated rings. The molecule has 1 heterocycles. The maximum Gasteiger partial charge on any atom is 0.138 e. The topological polar surface area (TPSA) is 24.9 Å². The molecule has 22 heavy (non-hydrogen) atoms. The predicted octanol–water partition coefficient (Wildman–Crippen LogP) is 5.44. The number of hydrogen-bond donors (Lipinski definition) is 1. The number of aromatic nitrogens is 1. The van der Waals surface area contributed by atoms with Gasteiger partial charge in [0.2, 0.25) is 0 Å². The van der Waals surface area contributed by atoms with Gasteiger partial charge in [-0.15, -0.1) is 0 Å². The zero-order chi connectivity index (χ0) is 14.9. The van der Waals surface area contributed by atoms with E-state index in [0.29, 0.717) is 0 Å². The molecule has 1 aromatic heterocycles. The van der Waals surface area contributed by atoms with E-state index in [0.717, 1.165) is 22.4 Å². The summed E-state index contributed by atoms with van der Waals surface area (Å²) in [6.07, 6.45) is 0. The van der Waals surface area contributed by atoms with Crippen LogP contribution in [-0.4, -0.2) is 4.98 Å². The van der Waals surface area contributed by atoms with E-state index in [1.165, 1.54) is 16.3 Å². The number of benzene rings is 3. The lowest BCUT2D eigenvalue weighted by Crippen LogP contribution is -1.97. The van der Waals surface area contributed by atoms with E-state index >= 15 is 0 Å². The highest BCUT2D eigenvalue weighted by Gasteiger charge is 2.08. The van der Waals surface area contributed by atoms with Gasteiger partial charge in [-0.3, -0.25) is 0 Å². The van der Waals surface area contributed by atoms with E-state index in [2.05, 4.69) is 66.8 Å². The number of aryl methyl sites for hydroxylation is 1. The number of rotatable bonds is 2. The minimum absolute atomic E-state index is 0.906. The van der Waals surface area contributed by atoms with Gasteiger partial charge in [0.25, 0.3) is 0 Å². The number of fused-ring (bicyclic) bond motifs is 3. The minimum atomic E-state index is 0.906. The summed E-state index contributed by atoms with van der Waals surface area (Å²) >= 11 is 0. The van der Waals surface area contributed by atoms with Crippen molar-refractivity contribution in [2.45, 2.75) is 6.92 Å². The van der Waals surface area contributed by atoms with Crippen LogP contribution >= 0.6 is 0 Å². The summed E-state index contributed by atoms with van der Waals surface area (Å²) < 4.78 is 0. The Kier molecular flexibility index (Phi) is 3.01.